The van der Waals surface area contributed by atoms with Crippen molar-refractivity contribution in [2.75, 3.05) is 19.1 Å². The van der Waals surface area contributed by atoms with Crippen LogP contribution in [0.3, 0.4) is 0 Å². The van der Waals surface area contributed by atoms with Crippen LogP contribution in [0.1, 0.15) is 35.7 Å². The van der Waals surface area contributed by atoms with Crippen LogP contribution in [0.5, 0.6) is 0 Å². The van der Waals surface area contributed by atoms with Crippen LogP contribution in [0.2, 0.25) is 0 Å². The Morgan fingerprint density at radius 3 is 1.71 bits per heavy atom. The van der Waals surface area contributed by atoms with Crippen LogP contribution in [0.4, 0.5) is 5.69 Å². The highest BCUT2D eigenvalue weighted by Crippen LogP contribution is 2.44. The molecule has 7 heteroatoms. The van der Waals surface area contributed by atoms with Crippen LogP contribution < -0.4 is 4.90 Å². The summed E-state index contributed by atoms with van der Waals surface area (Å²) in [7, 11) is 2.58. The van der Waals surface area contributed by atoms with Gasteiger partial charge in [0.1, 0.15) is 0 Å². The molecule has 1 heterocycles. The summed E-state index contributed by atoms with van der Waals surface area (Å²) in [6.07, 6.45) is 0. The van der Waals surface area contributed by atoms with Crippen molar-refractivity contribution in [1.29, 1.82) is 0 Å². The van der Waals surface area contributed by atoms with Crippen molar-refractivity contribution in [3.05, 3.63) is 88.3 Å². The average molecular weight is 421 g/mol. The van der Waals surface area contributed by atoms with Crippen LogP contribution in [-0.4, -0.2) is 37.2 Å². The van der Waals surface area contributed by atoms with Crippen molar-refractivity contribution in [2.45, 2.75) is 19.8 Å². The van der Waals surface area contributed by atoms with E-state index >= 15 is 0 Å². The minimum atomic E-state index is -1.04. The first-order chi connectivity index (χ1) is 14.8. The molecule has 0 saturated heterocycles. The molecule has 31 heavy (non-hydrogen) atoms. The highest BCUT2D eigenvalue weighted by Gasteiger charge is 2.40. The topological polar surface area (TPSA) is 93.1 Å². The number of hydrogen-bond acceptors (Lipinski definition) is 6. The summed E-state index contributed by atoms with van der Waals surface area (Å²) in [6.45, 7) is 3.54. The van der Waals surface area contributed by atoms with Gasteiger partial charge in [0.2, 0.25) is 0 Å². The molecule has 7 nitrogen and oxygen atoms in total. The number of carboxylic acid groups (broad SMARTS) is 1. The Morgan fingerprint density at radius 1 is 0.806 bits per heavy atom. The molecule has 0 atom stereocenters. The van der Waals surface area contributed by atoms with Gasteiger partial charge in [0, 0.05) is 17.1 Å². The molecule has 1 N–H and O–H groups in total. The number of methoxy groups -OCH3 is 2. The number of rotatable bonds is 5. The van der Waals surface area contributed by atoms with E-state index in [4.69, 9.17) is 9.47 Å². The van der Waals surface area contributed by atoms with Gasteiger partial charge in [0.05, 0.1) is 36.8 Å². The molecule has 2 aromatic rings. The lowest BCUT2D eigenvalue weighted by Crippen LogP contribution is -2.35. The highest BCUT2D eigenvalue weighted by molar-refractivity contribution is 6.01. The summed E-state index contributed by atoms with van der Waals surface area (Å²) >= 11 is 0. The Hall–Kier alpha value is -3.87. The Bertz CT molecular complexity index is 1040. The molecule has 160 valence electrons. The minimum absolute atomic E-state index is 0.132. The molecule has 0 unspecified atom stereocenters. The van der Waals surface area contributed by atoms with E-state index < -0.39 is 23.8 Å². The van der Waals surface area contributed by atoms with Crippen molar-refractivity contribution in [2.24, 2.45) is 0 Å². The van der Waals surface area contributed by atoms with Gasteiger partial charge in [0.25, 0.3) is 0 Å². The molecule has 0 amide bonds. The lowest BCUT2D eigenvalue weighted by atomic mass is 9.79. The predicted octanol–water partition coefficient (Wildman–Crippen LogP) is 3.88. The molecular weight excluding hydrogens is 398 g/mol. The number of hydrogen-bond donors (Lipinski definition) is 1. The van der Waals surface area contributed by atoms with Crippen LogP contribution in [-0.2, 0) is 19.1 Å². The fourth-order valence-electron chi connectivity index (χ4n) is 3.92. The second-order valence-electron chi connectivity index (χ2n) is 7.01. The van der Waals surface area contributed by atoms with E-state index in [1.807, 2.05) is 30.3 Å². The number of benzene rings is 2. The average Bonchev–Trinajstić information content (AvgIpc) is 2.78. The smallest absolute Gasteiger partial charge is 0.336 e. The monoisotopic (exact) mass is 421 g/mol. The van der Waals surface area contributed by atoms with E-state index in [1.165, 1.54) is 26.4 Å². The predicted molar refractivity (Wildman–Crippen MR) is 114 cm³/mol. The molecule has 1 aliphatic rings. The van der Waals surface area contributed by atoms with Crippen molar-refractivity contribution in [1.82, 2.24) is 0 Å². The summed E-state index contributed by atoms with van der Waals surface area (Å²) in [5.74, 6) is -2.84. The van der Waals surface area contributed by atoms with Gasteiger partial charge in [-0.2, -0.15) is 0 Å². The SMILES string of the molecule is COC(=O)C1=C(C)N(c2ccc(C(=O)O)cc2)C(C)=C(C(=O)OC)C1c1ccccc1. The van der Waals surface area contributed by atoms with E-state index in [2.05, 4.69) is 0 Å². The first kappa shape index (κ1) is 21.8. The molecule has 0 saturated carbocycles. The fourth-order valence-corrected chi connectivity index (χ4v) is 3.92. The summed E-state index contributed by atoms with van der Waals surface area (Å²) in [6, 6.07) is 15.4. The zero-order valence-corrected chi connectivity index (χ0v) is 17.7. The van der Waals surface area contributed by atoms with Crippen molar-refractivity contribution in [3.8, 4) is 0 Å². The van der Waals surface area contributed by atoms with Gasteiger partial charge in [0.15, 0.2) is 0 Å². The largest absolute Gasteiger partial charge is 0.478 e. The summed E-state index contributed by atoms with van der Waals surface area (Å²) in [4.78, 5) is 38.7. The van der Waals surface area contributed by atoms with Gasteiger partial charge in [-0.3, -0.25) is 0 Å². The normalized spacial score (nSPS) is 14.5. The first-order valence-electron chi connectivity index (χ1n) is 9.58. The van der Waals surface area contributed by atoms with Gasteiger partial charge in [-0.25, -0.2) is 14.4 Å². The summed E-state index contributed by atoms with van der Waals surface area (Å²) < 4.78 is 10.1. The van der Waals surface area contributed by atoms with Gasteiger partial charge in [-0.05, 0) is 43.7 Å². The number of anilines is 1. The Kier molecular flexibility index (Phi) is 6.25. The zero-order chi connectivity index (χ0) is 22.7. The fraction of sp³-hybridized carbons (Fsp3) is 0.208. The van der Waals surface area contributed by atoms with E-state index in [0.717, 1.165) is 5.56 Å². The Morgan fingerprint density at radius 2 is 1.29 bits per heavy atom. The van der Waals surface area contributed by atoms with Crippen LogP contribution >= 0.6 is 0 Å². The maximum atomic E-state index is 12.9. The van der Waals surface area contributed by atoms with Gasteiger partial charge in [-0.1, -0.05) is 30.3 Å². The van der Waals surface area contributed by atoms with E-state index in [9.17, 15) is 19.5 Å². The Balaban J connectivity index is 2.29. The first-order valence-corrected chi connectivity index (χ1v) is 9.58. The molecule has 3 rings (SSSR count). The molecular formula is C24H23NO6. The van der Waals surface area contributed by atoms with Crippen LogP contribution in [0.15, 0.2) is 77.1 Å². The maximum absolute atomic E-state index is 12.9. The number of carboxylic acids is 1. The molecule has 0 fully saturated rings. The molecule has 0 aromatic heterocycles. The van der Waals surface area contributed by atoms with Crippen molar-refractivity contribution >= 4 is 23.6 Å². The van der Waals surface area contributed by atoms with Gasteiger partial charge in [-0.15, -0.1) is 0 Å². The van der Waals surface area contributed by atoms with E-state index in [0.29, 0.717) is 28.2 Å². The van der Waals surface area contributed by atoms with Crippen LogP contribution in [0.25, 0.3) is 0 Å². The quantitative estimate of drug-likeness (QED) is 0.732. The molecule has 1 aliphatic heterocycles. The highest BCUT2D eigenvalue weighted by atomic mass is 16.5. The lowest BCUT2D eigenvalue weighted by molar-refractivity contribution is -0.137. The molecule has 0 spiro atoms. The number of aromatic carboxylic acids is 1. The molecule has 0 bridgehead atoms. The third-order valence-electron chi connectivity index (χ3n) is 5.34. The molecule has 0 radical (unpaired) electrons. The maximum Gasteiger partial charge on any atom is 0.336 e. The molecule has 0 aliphatic carbocycles. The number of ether oxygens (including phenoxy) is 2. The lowest BCUT2D eigenvalue weighted by Gasteiger charge is -2.37. The van der Waals surface area contributed by atoms with Gasteiger partial charge < -0.3 is 19.5 Å². The number of carbonyl (C=O) groups excluding carboxylic acids is 2. The number of esters is 2. The van der Waals surface area contributed by atoms with Crippen molar-refractivity contribution < 1.29 is 29.0 Å². The van der Waals surface area contributed by atoms with E-state index in [1.54, 1.807) is 30.9 Å². The van der Waals surface area contributed by atoms with Crippen molar-refractivity contribution in [3.63, 3.8) is 0 Å². The Labute approximate surface area is 180 Å². The third-order valence-corrected chi connectivity index (χ3v) is 5.34. The molecule has 2 aromatic carbocycles. The summed E-state index contributed by atoms with van der Waals surface area (Å²) in [5.41, 5.74) is 3.26. The standard InChI is InChI=1S/C24H23NO6/c1-14-19(23(28)30-3)21(16-8-6-5-7-9-16)20(24(29)31-4)15(2)25(14)18-12-10-17(11-13-18)22(26)27/h5-13,21H,1-4H3,(H,26,27). The number of allylic oxidation sites excluding steroid dienone is 2. The zero-order valence-electron chi connectivity index (χ0n) is 17.7. The van der Waals surface area contributed by atoms with Crippen LogP contribution in [0, 0.1) is 0 Å². The van der Waals surface area contributed by atoms with E-state index in [-0.39, 0.29) is 5.56 Å². The van der Waals surface area contributed by atoms with Gasteiger partial charge >= 0.3 is 17.9 Å². The second kappa shape index (κ2) is 8.87. The number of carbonyl (C=O) groups is 3. The second-order valence-corrected chi connectivity index (χ2v) is 7.01. The summed E-state index contributed by atoms with van der Waals surface area (Å²) in [5, 5.41) is 9.19. The minimum Gasteiger partial charge on any atom is -0.478 e. The number of nitrogens with zero attached hydrogens (tertiary/aromatic N) is 1. The third kappa shape index (κ3) is 3.94.